The van der Waals surface area contributed by atoms with Crippen molar-refractivity contribution in [1.29, 1.82) is 0 Å². The fourth-order valence-electron chi connectivity index (χ4n) is 2.00. The van der Waals surface area contributed by atoms with E-state index in [0.29, 0.717) is 18.4 Å². The van der Waals surface area contributed by atoms with Crippen LogP contribution in [0.1, 0.15) is 20.8 Å². The Kier molecular flexibility index (Phi) is 5.02. The van der Waals surface area contributed by atoms with Crippen molar-refractivity contribution < 1.29 is 4.74 Å². The molecule has 1 aliphatic rings. The lowest BCUT2D eigenvalue weighted by atomic mass is 10.0. The van der Waals surface area contributed by atoms with E-state index >= 15 is 0 Å². The number of methoxy groups -OCH3 is 1. The topological polar surface area (TPSA) is 62.9 Å². The predicted molar refractivity (Wildman–Crippen MR) is 66.0 cm³/mol. The molecule has 1 fully saturated rings. The second-order valence-corrected chi connectivity index (χ2v) is 4.76. The van der Waals surface area contributed by atoms with Gasteiger partial charge in [-0.05, 0) is 18.8 Å². The number of likely N-dealkylation sites (tertiary alicyclic amines) is 1. The summed E-state index contributed by atoms with van der Waals surface area (Å²) in [5.74, 6) is 7.69. The molecule has 1 aliphatic heterocycles. The van der Waals surface area contributed by atoms with E-state index < -0.39 is 0 Å². The van der Waals surface area contributed by atoms with Crippen molar-refractivity contribution in [2.24, 2.45) is 22.7 Å². The molecule has 0 aliphatic carbocycles. The highest BCUT2D eigenvalue weighted by molar-refractivity contribution is 5.79. The number of aliphatic imine (C=N–C) groups is 1. The van der Waals surface area contributed by atoms with E-state index in [-0.39, 0.29) is 6.04 Å². The largest absolute Gasteiger partial charge is 0.382 e. The van der Waals surface area contributed by atoms with Crippen molar-refractivity contribution in [2.45, 2.75) is 26.8 Å². The molecular weight excluding hydrogens is 204 g/mol. The molecule has 16 heavy (non-hydrogen) atoms. The Morgan fingerprint density at radius 2 is 2.06 bits per heavy atom. The summed E-state index contributed by atoms with van der Waals surface area (Å²) in [5.41, 5.74) is 2.69. The molecular formula is C11H24N4O. The van der Waals surface area contributed by atoms with Crippen molar-refractivity contribution in [3.05, 3.63) is 0 Å². The smallest absolute Gasteiger partial charge is 0.208 e. The Morgan fingerprint density at radius 3 is 2.50 bits per heavy atom. The quantitative estimate of drug-likeness (QED) is 0.318. The molecule has 0 spiro atoms. The Hall–Kier alpha value is -0.810. The average Bonchev–Trinajstić information content (AvgIpc) is 2.56. The summed E-state index contributed by atoms with van der Waals surface area (Å²) in [5, 5.41) is 0. The maximum Gasteiger partial charge on any atom is 0.208 e. The van der Waals surface area contributed by atoms with Gasteiger partial charge in [-0.2, -0.15) is 0 Å². The van der Waals surface area contributed by atoms with Gasteiger partial charge in [-0.15, -0.1) is 0 Å². The Bertz CT molecular complexity index is 234. The lowest BCUT2D eigenvalue weighted by molar-refractivity contribution is 0.185. The summed E-state index contributed by atoms with van der Waals surface area (Å²) < 4.78 is 5.06. The highest BCUT2D eigenvalue weighted by Gasteiger charge is 2.28. The Labute approximate surface area is 98.0 Å². The number of guanidine groups is 1. The number of nitrogens with one attached hydrogen (secondary N) is 1. The van der Waals surface area contributed by atoms with Crippen LogP contribution >= 0.6 is 0 Å². The normalized spacial score (nSPS) is 28.3. The molecule has 0 aromatic heterocycles. The second kappa shape index (κ2) is 6.06. The summed E-state index contributed by atoms with van der Waals surface area (Å²) in [6.45, 7) is 9.19. The molecule has 0 aromatic carbocycles. The molecule has 0 amide bonds. The molecule has 94 valence electrons. The second-order valence-electron chi connectivity index (χ2n) is 4.76. The first-order chi connectivity index (χ1) is 7.58. The van der Waals surface area contributed by atoms with Crippen molar-refractivity contribution in [3.63, 3.8) is 0 Å². The molecule has 0 radical (unpaired) electrons. The maximum atomic E-state index is 5.52. The molecule has 0 aromatic rings. The first kappa shape index (κ1) is 13.3. The minimum atomic E-state index is 0.127. The molecule has 1 saturated heterocycles. The van der Waals surface area contributed by atoms with Crippen LogP contribution in [-0.2, 0) is 4.74 Å². The van der Waals surface area contributed by atoms with Gasteiger partial charge in [0.2, 0.25) is 5.96 Å². The minimum Gasteiger partial charge on any atom is -0.382 e. The van der Waals surface area contributed by atoms with Gasteiger partial charge in [0.1, 0.15) is 0 Å². The third-order valence-electron chi connectivity index (χ3n) is 3.17. The van der Waals surface area contributed by atoms with Crippen LogP contribution in [0.2, 0.25) is 0 Å². The first-order valence-electron chi connectivity index (χ1n) is 5.86. The van der Waals surface area contributed by atoms with Crippen LogP contribution in [0, 0.1) is 11.8 Å². The molecule has 1 heterocycles. The van der Waals surface area contributed by atoms with Gasteiger partial charge >= 0.3 is 0 Å². The van der Waals surface area contributed by atoms with Crippen LogP contribution in [0.25, 0.3) is 0 Å². The average molecular weight is 228 g/mol. The van der Waals surface area contributed by atoms with Gasteiger partial charge in [0.25, 0.3) is 0 Å². The van der Waals surface area contributed by atoms with Gasteiger partial charge in [-0.1, -0.05) is 13.8 Å². The molecule has 3 N–H and O–H groups in total. The van der Waals surface area contributed by atoms with Gasteiger partial charge in [0.05, 0.1) is 12.6 Å². The van der Waals surface area contributed by atoms with Gasteiger partial charge in [0, 0.05) is 20.2 Å². The predicted octanol–water partition coefficient (Wildman–Crippen LogP) is 0.428. The summed E-state index contributed by atoms with van der Waals surface area (Å²) in [6.07, 6.45) is 0. The van der Waals surface area contributed by atoms with E-state index in [1.54, 1.807) is 7.11 Å². The number of rotatable bonds is 3. The number of hydrogen-bond donors (Lipinski definition) is 2. The third kappa shape index (κ3) is 3.35. The molecule has 1 rings (SSSR count). The van der Waals surface area contributed by atoms with E-state index in [4.69, 9.17) is 10.6 Å². The first-order valence-corrected chi connectivity index (χ1v) is 5.86. The molecule has 3 unspecified atom stereocenters. The summed E-state index contributed by atoms with van der Waals surface area (Å²) in [4.78, 5) is 6.73. The van der Waals surface area contributed by atoms with E-state index in [2.05, 4.69) is 29.2 Å². The third-order valence-corrected chi connectivity index (χ3v) is 3.17. The Morgan fingerprint density at radius 1 is 1.50 bits per heavy atom. The minimum absolute atomic E-state index is 0.127. The van der Waals surface area contributed by atoms with Crippen LogP contribution in [0.4, 0.5) is 0 Å². The van der Waals surface area contributed by atoms with Gasteiger partial charge < -0.3 is 9.64 Å². The van der Waals surface area contributed by atoms with Crippen LogP contribution in [0.15, 0.2) is 4.99 Å². The highest BCUT2D eigenvalue weighted by Crippen LogP contribution is 2.21. The maximum absolute atomic E-state index is 5.52. The SMILES string of the molecule is COCC(C)N=C(NN)N1CC(C)C(C)C1. The molecule has 0 saturated carbocycles. The van der Waals surface area contributed by atoms with Crippen LogP contribution < -0.4 is 11.3 Å². The highest BCUT2D eigenvalue weighted by atomic mass is 16.5. The van der Waals surface area contributed by atoms with Crippen LogP contribution in [0.5, 0.6) is 0 Å². The van der Waals surface area contributed by atoms with Gasteiger partial charge in [0.15, 0.2) is 0 Å². The zero-order valence-electron chi connectivity index (χ0n) is 10.7. The fourth-order valence-corrected chi connectivity index (χ4v) is 2.00. The van der Waals surface area contributed by atoms with Crippen molar-refractivity contribution in [2.75, 3.05) is 26.8 Å². The number of hydrogen-bond acceptors (Lipinski definition) is 3. The van der Waals surface area contributed by atoms with Crippen LogP contribution in [-0.4, -0.2) is 43.7 Å². The Balaban J connectivity index is 2.60. The molecule has 5 nitrogen and oxygen atoms in total. The van der Waals surface area contributed by atoms with Crippen LogP contribution in [0.3, 0.4) is 0 Å². The lowest BCUT2D eigenvalue weighted by Gasteiger charge is -2.21. The van der Waals surface area contributed by atoms with Crippen molar-refractivity contribution in [3.8, 4) is 0 Å². The van der Waals surface area contributed by atoms with Crippen molar-refractivity contribution >= 4 is 5.96 Å². The van der Waals surface area contributed by atoms with Gasteiger partial charge in [-0.3, -0.25) is 5.43 Å². The number of nitrogens with two attached hydrogens (primary N) is 1. The van der Waals surface area contributed by atoms with E-state index in [1.165, 1.54) is 0 Å². The standard InChI is InChI=1S/C11H24N4O/c1-8-5-15(6-9(8)2)11(14-12)13-10(3)7-16-4/h8-10H,5-7,12H2,1-4H3,(H,13,14). The number of nitrogens with zero attached hydrogens (tertiary/aromatic N) is 2. The summed E-state index contributed by atoms with van der Waals surface area (Å²) in [6, 6.07) is 0.127. The van der Waals surface area contributed by atoms with Gasteiger partial charge in [-0.25, -0.2) is 10.8 Å². The molecule has 0 bridgehead atoms. The number of ether oxygens (including phenoxy) is 1. The fraction of sp³-hybridized carbons (Fsp3) is 0.909. The lowest BCUT2D eigenvalue weighted by Crippen LogP contribution is -2.44. The summed E-state index contributed by atoms with van der Waals surface area (Å²) >= 11 is 0. The zero-order chi connectivity index (χ0) is 12.1. The molecule has 5 heteroatoms. The van der Waals surface area contributed by atoms with Crippen molar-refractivity contribution in [1.82, 2.24) is 10.3 Å². The summed E-state index contributed by atoms with van der Waals surface area (Å²) in [7, 11) is 1.68. The monoisotopic (exact) mass is 228 g/mol. The van der Waals surface area contributed by atoms with E-state index in [0.717, 1.165) is 19.0 Å². The zero-order valence-corrected chi connectivity index (χ0v) is 10.7. The number of hydrazine groups is 1. The van der Waals surface area contributed by atoms with E-state index in [9.17, 15) is 0 Å². The van der Waals surface area contributed by atoms with E-state index in [1.807, 2.05) is 6.92 Å². The molecule has 3 atom stereocenters.